The third-order valence-corrected chi connectivity index (χ3v) is 3.21. The molecule has 2 N–H and O–H groups in total. The van der Waals surface area contributed by atoms with Crippen molar-refractivity contribution in [1.29, 1.82) is 0 Å². The van der Waals surface area contributed by atoms with Gasteiger partial charge in [0.2, 0.25) is 0 Å². The summed E-state index contributed by atoms with van der Waals surface area (Å²) in [4.78, 5) is 15.9. The second kappa shape index (κ2) is 5.09. The Kier molecular flexibility index (Phi) is 3.54. The first-order valence-corrected chi connectivity index (χ1v) is 6.05. The minimum absolute atomic E-state index is 0.0925. The van der Waals surface area contributed by atoms with Crippen LogP contribution in [0.25, 0.3) is 0 Å². The van der Waals surface area contributed by atoms with E-state index in [-0.39, 0.29) is 5.43 Å². The van der Waals surface area contributed by atoms with Crippen LogP contribution in [-0.4, -0.2) is 4.98 Å². The lowest BCUT2D eigenvalue weighted by Crippen LogP contribution is -2.19. The maximum atomic E-state index is 11.6. The molecule has 0 atom stereocenters. The van der Waals surface area contributed by atoms with E-state index in [1.54, 1.807) is 23.6 Å². The number of aryl methyl sites for hydroxylation is 1. The van der Waals surface area contributed by atoms with Crippen LogP contribution in [-0.2, 0) is 13.1 Å². The zero-order chi connectivity index (χ0) is 11.4. The summed E-state index contributed by atoms with van der Waals surface area (Å²) < 4.78 is 0. The monoisotopic (exact) mass is 234 g/mol. The number of rotatable bonds is 4. The molecule has 0 aliphatic rings. The van der Waals surface area contributed by atoms with Gasteiger partial charge in [0.1, 0.15) is 0 Å². The van der Waals surface area contributed by atoms with Crippen molar-refractivity contribution in [2.45, 2.75) is 20.0 Å². The standard InChI is InChI=1S/C12H14N2OS/c1-9-5-12(15)10(7-14-9)6-13-8-11-3-2-4-16-11/h2-5,7,13H,6,8H2,1H3,(H,14,15). The third-order valence-electron chi connectivity index (χ3n) is 2.33. The van der Waals surface area contributed by atoms with E-state index in [0.717, 1.165) is 17.8 Å². The molecule has 0 aliphatic heterocycles. The smallest absolute Gasteiger partial charge is 0.186 e. The molecule has 0 saturated heterocycles. The summed E-state index contributed by atoms with van der Waals surface area (Å²) in [5.74, 6) is 0. The highest BCUT2D eigenvalue weighted by Crippen LogP contribution is 2.07. The molecule has 0 radical (unpaired) electrons. The van der Waals surface area contributed by atoms with Crippen molar-refractivity contribution in [3.63, 3.8) is 0 Å². The Balaban J connectivity index is 1.92. The van der Waals surface area contributed by atoms with Crippen molar-refractivity contribution >= 4 is 11.3 Å². The van der Waals surface area contributed by atoms with E-state index >= 15 is 0 Å². The molecule has 0 amide bonds. The van der Waals surface area contributed by atoms with Crippen LogP contribution in [0.15, 0.2) is 34.6 Å². The van der Waals surface area contributed by atoms with Crippen molar-refractivity contribution in [1.82, 2.24) is 10.3 Å². The molecule has 16 heavy (non-hydrogen) atoms. The molecule has 0 bridgehead atoms. The van der Waals surface area contributed by atoms with Crippen LogP contribution < -0.4 is 10.7 Å². The van der Waals surface area contributed by atoms with Gasteiger partial charge in [0, 0.05) is 41.5 Å². The van der Waals surface area contributed by atoms with Crippen LogP contribution >= 0.6 is 11.3 Å². The molecule has 2 aromatic rings. The maximum Gasteiger partial charge on any atom is 0.186 e. The Bertz CT molecular complexity index is 502. The first-order chi connectivity index (χ1) is 7.75. The number of hydrogen-bond acceptors (Lipinski definition) is 3. The number of aromatic nitrogens is 1. The van der Waals surface area contributed by atoms with Crippen LogP contribution in [0.3, 0.4) is 0 Å². The fourth-order valence-electron chi connectivity index (χ4n) is 1.47. The molecule has 3 nitrogen and oxygen atoms in total. The van der Waals surface area contributed by atoms with Gasteiger partial charge in [-0.05, 0) is 18.4 Å². The van der Waals surface area contributed by atoms with Gasteiger partial charge in [0.25, 0.3) is 0 Å². The van der Waals surface area contributed by atoms with Gasteiger partial charge in [-0.1, -0.05) is 6.07 Å². The second-order valence-electron chi connectivity index (χ2n) is 3.69. The Morgan fingerprint density at radius 3 is 3.00 bits per heavy atom. The molecule has 0 spiro atoms. The second-order valence-corrected chi connectivity index (χ2v) is 4.72. The van der Waals surface area contributed by atoms with Crippen molar-refractivity contribution in [2.24, 2.45) is 0 Å². The molecule has 0 fully saturated rings. The first-order valence-electron chi connectivity index (χ1n) is 5.17. The van der Waals surface area contributed by atoms with Gasteiger partial charge in [0.15, 0.2) is 5.43 Å². The molecule has 0 saturated carbocycles. The van der Waals surface area contributed by atoms with E-state index in [9.17, 15) is 4.79 Å². The Morgan fingerprint density at radius 2 is 2.31 bits per heavy atom. The molecular formula is C12H14N2OS. The van der Waals surface area contributed by atoms with Gasteiger partial charge < -0.3 is 10.3 Å². The normalized spacial score (nSPS) is 10.6. The van der Waals surface area contributed by atoms with Crippen molar-refractivity contribution in [3.05, 3.63) is 56.1 Å². The van der Waals surface area contributed by atoms with E-state index in [4.69, 9.17) is 0 Å². The van der Waals surface area contributed by atoms with Gasteiger partial charge >= 0.3 is 0 Å². The molecule has 4 heteroatoms. The summed E-state index contributed by atoms with van der Waals surface area (Å²) in [5, 5.41) is 5.31. The van der Waals surface area contributed by atoms with Gasteiger partial charge in [0.05, 0.1) is 0 Å². The molecule has 2 rings (SSSR count). The van der Waals surface area contributed by atoms with Crippen LogP contribution in [0.5, 0.6) is 0 Å². The SMILES string of the molecule is Cc1cc(=O)c(CNCc2cccs2)c[nH]1. The van der Waals surface area contributed by atoms with Crippen LogP contribution in [0.4, 0.5) is 0 Å². The summed E-state index contributed by atoms with van der Waals surface area (Å²) in [6, 6.07) is 5.74. The van der Waals surface area contributed by atoms with Crippen LogP contribution in [0.1, 0.15) is 16.1 Å². The lowest BCUT2D eigenvalue weighted by molar-refractivity contribution is 0.695. The number of pyridine rings is 1. The van der Waals surface area contributed by atoms with Gasteiger partial charge in [-0.25, -0.2) is 0 Å². The van der Waals surface area contributed by atoms with Gasteiger partial charge in [-0.2, -0.15) is 0 Å². The van der Waals surface area contributed by atoms with Crippen LogP contribution in [0, 0.1) is 6.92 Å². The number of hydrogen-bond donors (Lipinski definition) is 2. The summed E-state index contributed by atoms with van der Waals surface area (Å²) in [6.07, 6.45) is 1.78. The van der Waals surface area contributed by atoms with Crippen molar-refractivity contribution in [2.75, 3.05) is 0 Å². The molecule has 0 aromatic carbocycles. The fourth-order valence-corrected chi connectivity index (χ4v) is 2.15. The Hall–Kier alpha value is -1.39. The Labute approximate surface area is 98.2 Å². The quantitative estimate of drug-likeness (QED) is 0.850. The third kappa shape index (κ3) is 2.81. The fraction of sp³-hybridized carbons (Fsp3) is 0.250. The predicted octanol–water partition coefficient (Wildman–Crippen LogP) is 2.03. The number of H-pyrrole nitrogens is 1. The average Bonchev–Trinajstić information content (AvgIpc) is 2.74. The minimum Gasteiger partial charge on any atom is -0.365 e. The van der Waals surface area contributed by atoms with E-state index in [2.05, 4.69) is 21.7 Å². The highest BCUT2D eigenvalue weighted by molar-refractivity contribution is 7.09. The number of thiophene rings is 1. The number of nitrogens with one attached hydrogen (secondary N) is 2. The van der Waals surface area contributed by atoms with E-state index in [1.807, 2.05) is 13.0 Å². The van der Waals surface area contributed by atoms with E-state index in [0.29, 0.717) is 6.54 Å². The molecule has 2 heterocycles. The largest absolute Gasteiger partial charge is 0.365 e. The molecule has 0 unspecified atom stereocenters. The molecule has 2 aromatic heterocycles. The highest BCUT2D eigenvalue weighted by atomic mass is 32.1. The Morgan fingerprint density at radius 1 is 1.44 bits per heavy atom. The lowest BCUT2D eigenvalue weighted by atomic mass is 10.2. The molecular weight excluding hydrogens is 220 g/mol. The van der Waals surface area contributed by atoms with E-state index < -0.39 is 0 Å². The van der Waals surface area contributed by atoms with Gasteiger partial charge in [-0.3, -0.25) is 4.79 Å². The first kappa shape index (κ1) is 11.1. The molecule has 0 aliphatic carbocycles. The summed E-state index contributed by atoms with van der Waals surface area (Å²) >= 11 is 1.72. The summed E-state index contributed by atoms with van der Waals surface area (Å²) in [7, 11) is 0. The maximum absolute atomic E-state index is 11.6. The van der Waals surface area contributed by atoms with Gasteiger partial charge in [-0.15, -0.1) is 11.3 Å². The zero-order valence-electron chi connectivity index (χ0n) is 9.12. The topological polar surface area (TPSA) is 44.9 Å². The highest BCUT2D eigenvalue weighted by Gasteiger charge is 1.99. The lowest BCUT2D eigenvalue weighted by Gasteiger charge is -2.03. The van der Waals surface area contributed by atoms with Crippen molar-refractivity contribution in [3.8, 4) is 0 Å². The molecule has 84 valence electrons. The van der Waals surface area contributed by atoms with Crippen molar-refractivity contribution < 1.29 is 0 Å². The van der Waals surface area contributed by atoms with E-state index in [1.165, 1.54) is 4.88 Å². The predicted molar refractivity (Wildman–Crippen MR) is 66.7 cm³/mol. The average molecular weight is 234 g/mol. The van der Waals surface area contributed by atoms with Crippen LogP contribution in [0.2, 0.25) is 0 Å². The summed E-state index contributed by atoms with van der Waals surface area (Å²) in [5.41, 5.74) is 1.77. The summed E-state index contributed by atoms with van der Waals surface area (Å²) in [6.45, 7) is 3.29. The number of aromatic amines is 1. The minimum atomic E-state index is 0.0925. The zero-order valence-corrected chi connectivity index (χ0v) is 9.93.